The molecule has 0 fully saturated rings. The molecular weight excluding hydrogens is 236 g/mol. The van der Waals surface area contributed by atoms with E-state index in [-0.39, 0.29) is 0 Å². The Labute approximate surface area is 117 Å². The fraction of sp³-hybridized carbons (Fsp3) is 0.800. The zero-order valence-electron chi connectivity index (χ0n) is 13.2. The fourth-order valence-corrected chi connectivity index (χ4v) is 2.79. The van der Waals surface area contributed by atoms with Gasteiger partial charge in [0.15, 0.2) is 0 Å². The van der Waals surface area contributed by atoms with Crippen molar-refractivity contribution in [2.24, 2.45) is 18.8 Å². The van der Waals surface area contributed by atoms with Crippen LogP contribution in [0.3, 0.4) is 0 Å². The number of aromatic nitrogens is 2. The smallest absolute Gasteiger partial charge is 0.0628 e. The first-order valence-electron chi connectivity index (χ1n) is 7.48. The Morgan fingerprint density at radius 3 is 2.32 bits per heavy atom. The van der Waals surface area contributed by atoms with Crippen LogP contribution in [0, 0.1) is 19.8 Å². The molecule has 4 nitrogen and oxygen atoms in total. The maximum absolute atomic E-state index is 5.71. The van der Waals surface area contributed by atoms with Crippen LogP contribution >= 0.6 is 0 Å². The standard InChI is InChI=1S/C15H30N4/c1-6-13(7-2)10-14(17-16)8-9-15-11(3)18-19(5)12(15)4/h13-14,17H,6-10,16H2,1-5H3. The lowest BCUT2D eigenvalue weighted by Crippen LogP contribution is -2.37. The molecule has 3 N–H and O–H groups in total. The third kappa shape index (κ3) is 4.32. The highest BCUT2D eigenvalue weighted by Gasteiger charge is 2.15. The average Bonchev–Trinajstić information content (AvgIpc) is 2.65. The zero-order chi connectivity index (χ0) is 14.4. The van der Waals surface area contributed by atoms with Gasteiger partial charge in [-0.1, -0.05) is 26.7 Å². The molecule has 0 aliphatic heterocycles. The van der Waals surface area contributed by atoms with Crippen molar-refractivity contribution in [3.05, 3.63) is 17.0 Å². The average molecular weight is 266 g/mol. The summed E-state index contributed by atoms with van der Waals surface area (Å²) in [5, 5.41) is 4.47. The van der Waals surface area contributed by atoms with E-state index in [0.717, 1.165) is 24.5 Å². The molecule has 0 aliphatic rings. The molecular formula is C15H30N4. The third-order valence-corrected chi connectivity index (χ3v) is 4.41. The van der Waals surface area contributed by atoms with Crippen molar-refractivity contribution in [2.75, 3.05) is 0 Å². The van der Waals surface area contributed by atoms with Gasteiger partial charge < -0.3 is 0 Å². The van der Waals surface area contributed by atoms with Gasteiger partial charge in [-0.25, -0.2) is 0 Å². The fourth-order valence-electron chi connectivity index (χ4n) is 2.79. The van der Waals surface area contributed by atoms with E-state index in [9.17, 15) is 0 Å². The van der Waals surface area contributed by atoms with Gasteiger partial charge in [0, 0.05) is 18.8 Å². The summed E-state index contributed by atoms with van der Waals surface area (Å²) < 4.78 is 1.97. The zero-order valence-corrected chi connectivity index (χ0v) is 13.2. The second kappa shape index (κ2) is 7.65. The SMILES string of the molecule is CCC(CC)CC(CCc1c(C)nn(C)c1C)NN. The summed E-state index contributed by atoms with van der Waals surface area (Å²) in [7, 11) is 2.01. The van der Waals surface area contributed by atoms with E-state index in [1.165, 1.54) is 30.5 Å². The summed E-state index contributed by atoms with van der Waals surface area (Å²) in [6.45, 7) is 8.75. The van der Waals surface area contributed by atoms with Gasteiger partial charge in [0.2, 0.25) is 0 Å². The van der Waals surface area contributed by atoms with Crippen molar-refractivity contribution in [3.8, 4) is 0 Å². The van der Waals surface area contributed by atoms with E-state index < -0.39 is 0 Å². The Morgan fingerprint density at radius 1 is 1.26 bits per heavy atom. The number of nitrogens with one attached hydrogen (secondary N) is 1. The predicted octanol–water partition coefficient (Wildman–Crippen LogP) is 2.63. The number of hydrogen-bond donors (Lipinski definition) is 2. The second-order valence-electron chi connectivity index (χ2n) is 5.59. The van der Waals surface area contributed by atoms with Gasteiger partial charge >= 0.3 is 0 Å². The van der Waals surface area contributed by atoms with Gasteiger partial charge in [0.05, 0.1) is 5.69 Å². The Hall–Kier alpha value is -0.870. The molecule has 0 amide bonds. The molecule has 0 saturated carbocycles. The topological polar surface area (TPSA) is 55.9 Å². The van der Waals surface area contributed by atoms with Crippen LogP contribution < -0.4 is 11.3 Å². The minimum atomic E-state index is 0.406. The molecule has 0 bridgehead atoms. The molecule has 0 spiro atoms. The van der Waals surface area contributed by atoms with Gasteiger partial charge in [-0.15, -0.1) is 0 Å². The van der Waals surface area contributed by atoms with Crippen LogP contribution in [-0.4, -0.2) is 15.8 Å². The normalized spacial score (nSPS) is 13.2. The second-order valence-corrected chi connectivity index (χ2v) is 5.59. The Kier molecular flexibility index (Phi) is 6.52. The molecule has 0 aliphatic carbocycles. The van der Waals surface area contributed by atoms with E-state index in [0.29, 0.717) is 6.04 Å². The Morgan fingerprint density at radius 2 is 1.89 bits per heavy atom. The summed E-state index contributed by atoms with van der Waals surface area (Å²) in [5.41, 5.74) is 6.80. The highest BCUT2D eigenvalue weighted by atomic mass is 15.3. The third-order valence-electron chi connectivity index (χ3n) is 4.41. The highest BCUT2D eigenvalue weighted by Crippen LogP contribution is 2.20. The van der Waals surface area contributed by atoms with Gasteiger partial charge in [0.1, 0.15) is 0 Å². The van der Waals surface area contributed by atoms with E-state index in [1.54, 1.807) is 0 Å². The summed E-state index contributed by atoms with van der Waals surface area (Å²) in [4.78, 5) is 0. The van der Waals surface area contributed by atoms with Crippen LogP contribution in [0.4, 0.5) is 0 Å². The van der Waals surface area contributed by atoms with Crippen molar-refractivity contribution in [2.45, 2.75) is 65.8 Å². The van der Waals surface area contributed by atoms with Crippen molar-refractivity contribution in [1.29, 1.82) is 0 Å². The molecule has 1 atom stereocenters. The number of aryl methyl sites for hydroxylation is 2. The number of rotatable bonds is 8. The van der Waals surface area contributed by atoms with Crippen LogP contribution in [-0.2, 0) is 13.5 Å². The maximum Gasteiger partial charge on any atom is 0.0628 e. The lowest BCUT2D eigenvalue weighted by molar-refractivity contribution is 0.355. The molecule has 1 aromatic rings. The Bertz CT molecular complexity index is 380. The number of nitrogens with two attached hydrogens (primary N) is 1. The van der Waals surface area contributed by atoms with Crippen molar-refractivity contribution in [1.82, 2.24) is 15.2 Å². The molecule has 0 radical (unpaired) electrons. The highest BCUT2D eigenvalue weighted by molar-refractivity contribution is 5.24. The van der Waals surface area contributed by atoms with Crippen LogP contribution in [0.1, 0.15) is 56.5 Å². The minimum absolute atomic E-state index is 0.406. The molecule has 0 saturated heterocycles. The van der Waals surface area contributed by atoms with Crippen LogP contribution in [0.25, 0.3) is 0 Å². The van der Waals surface area contributed by atoms with Gasteiger partial charge in [-0.2, -0.15) is 5.10 Å². The minimum Gasteiger partial charge on any atom is -0.272 e. The lowest BCUT2D eigenvalue weighted by Gasteiger charge is -2.21. The van der Waals surface area contributed by atoms with E-state index >= 15 is 0 Å². The summed E-state index contributed by atoms with van der Waals surface area (Å²) in [6, 6.07) is 0.406. The van der Waals surface area contributed by atoms with E-state index in [1.807, 2.05) is 11.7 Å². The first kappa shape index (κ1) is 16.2. The molecule has 1 rings (SSSR count). The molecule has 1 aromatic heterocycles. The summed E-state index contributed by atoms with van der Waals surface area (Å²) in [6.07, 6.45) is 5.78. The van der Waals surface area contributed by atoms with Gasteiger partial charge in [-0.05, 0) is 44.6 Å². The van der Waals surface area contributed by atoms with Crippen molar-refractivity contribution >= 4 is 0 Å². The lowest BCUT2D eigenvalue weighted by atomic mass is 9.92. The van der Waals surface area contributed by atoms with E-state index in [2.05, 4.69) is 38.2 Å². The molecule has 19 heavy (non-hydrogen) atoms. The van der Waals surface area contributed by atoms with Crippen LogP contribution in [0.2, 0.25) is 0 Å². The quantitative estimate of drug-likeness (QED) is 0.562. The first-order valence-corrected chi connectivity index (χ1v) is 7.48. The van der Waals surface area contributed by atoms with Crippen LogP contribution in [0.15, 0.2) is 0 Å². The molecule has 1 unspecified atom stereocenters. The van der Waals surface area contributed by atoms with E-state index in [4.69, 9.17) is 5.84 Å². The van der Waals surface area contributed by atoms with Crippen molar-refractivity contribution in [3.63, 3.8) is 0 Å². The van der Waals surface area contributed by atoms with Gasteiger partial charge in [-0.3, -0.25) is 16.0 Å². The van der Waals surface area contributed by atoms with Crippen LogP contribution in [0.5, 0.6) is 0 Å². The predicted molar refractivity (Wildman–Crippen MR) is 80.8 cm³/mol. The van der Waals surface area contributed by atoms with Crippen molar-refractivity contribution < 1.29 is 0 Å². The molecule has 110 valence electrons. The largest absolute Gasteiger partial charge is 0.272 e. The molecule has 1 heterocycles. The number of hydrogen-bond acceptors (Lipinski definition) is 3. The molecule has 4 heteroatoms. The Balaban J connectivity index is 2.57. The first-order chi connectivity index (χ1) is 9.03. The summed E-state index contributed by atoms with van der Waals surface area (Å²) in [5.74, 6) is 6.48. The maximum atomic E-state index is 5.71. The molecule has 0 aromatic carbocycles. The number of nitrogens with zero attached hydrogens (tertiary/aromatic N) is 2. The van der Waals surface area contributed by atoms with Gasteiger partial charge in [0.25, 0.3) is 0 Å². The monoisotopic (exact) mass is 266 g/mol. The summed E-state index contributed by atoms with van der Waals surface area (Å²) >= 11 is 0. The number of hydrazine groups is 1.